The minimum absolute atomic E-state index is 0.125. The van der Waals surface area contributed by atoms with Gasteiger partial charge in [-0.1, -0.05) is 50.1 Å². The van der Waals surface area contributed by atoms with Gasteiger partial charge in [-0.2, -0.15) is 8.42 Å². The third-order valence-corrected chi connectivity index (χ3v) is 4.42. The Labute approximate surface area is 129 Å². The van der Waals surface area contributed by atoms with E-state index in [9.17, 15) is 8.42 Å². The van der Waals surface area contributed by atoms with Gasteiger partial charge in [0.25, 0.3) is 10.1 Å². The zero-order chi connectivity index (χ0) is 15.6. The summed E-state index contributed by atoms with van der Waals surface area (Å²) in [5.41, 5.74) is 2.61. The molecule has 0 aromatic heterocycles. The summed E-state index contributed by atoms with van der Waals surface area (Å²) < 4.78 is 27.6. The quantitative estimate of drug-likeness (QED) is 0.354. The van der Waals surface area contributed by atoms with E-state index >= 15 is 0 Å². The van der Waals surface area contributed by atoms with Gasteiger partial charge in [0.2, 0.25) is 0 Å². The molecule has 3 nitrogen and oxygen atoms in total. The number of rotatable bonds is 11. The van der Waals surface area contributed by atoms with E-state index in [1.165, 1.54) is 36.5 Å². The van der Waals surface area contributed by atoms with Gasteiger partial charge in [-0.3, -0.25) is 4.18 Å². The second-order valence-electron chi connectivity index (χ2n) is 5.22. The largest absolute Gasteiger partial charge is 0.270 e. The van der Waals surface area contributed by atoms with E-state index in [0.29, 0.717) is 6.42 Å². The fourth-order valence-corrected chi connectivity index (χ4v) is 2.93. The molecule has 4 heteroatoms. The average molecular weight is 310 g/mol. The summed E-state index contributed by atoms with van der Waals surface area (Å²) in [5, 5.41) is 0. The van der Waals surface area contributed by atoms with E-state index in [4.69, 9.17) is 4.18 Å². The number of aryl methyl sites for hydroxylation is 2. The van der Waals surface area contributed by atoms with Crippen LogP contribution in [0.3, 0.4) is 0 Å². The lowest BCUT2D eigenvalue weighted by Crippen LogP contribution is -2.10. The highest BCUT2D eigenvalue weighted by atomic mass is 32.2. The summed E-state index contributed by atoms with van der Waals surface area (Å²) in [4.78, 5) is 0. The summed E-state index contributed by atoms with van der Waals surface area (Å²) in [7, 11) is -3.43. The Morgan fingerprint density at radius 3 is 2.43 bits per heavy atom. The molecule has 0 unspecified atom stereocenters. The molecular weight excluding hydrogens is 284 g/mol. The van der Waals surface area contributed by atoms with E-state index < -0.39 is 10.1 Å². The zero-order valence-corrected chi connectivity index (χ0v) is 13.7. The van der Waals surface area contributed by atoms with Crippen molar-refractivity contribution in [1.82, 2.24) is 0 Å². The highest BCUT2D eigenvalue weighted by molar-refractivity contribution is 7.86. The molecule has 0 N–H and O–H groups in total. The first kappa shape index (κ1) is 17.9. The van der Waals surface area contributed by atoms with Crippen molar-refractivity contribution in [3.05, 3.63) is 48.0 Å². The molecule has 0 radical (unpaired) electrons. The van der Waals surface area contributed by atoms with Crippen LogP contribution in [0.2, 0.25) is 0 Å². The van der Waals surface area contributed by atoms with Crippen molar-refractivity contribution < 1.29 is 12.6 Å². The molecule has 0 bridgehead atoms. The van der Waals surface area contributed by atoms with Gasteiger partial charge < -0.3 is 0 Å². The molecule has 0 saturated carbocycles. The predicted octanol–water partition coefficient (Wildman–Crippen LogP) is 3.88. The van der Waals surface area contributed by atoms with Crippen LogP contribution in [-0.4, -0.2) is 20.8 Å². The maximum Gasteiger partial charge on any atom is 0.270 e. The second-order valence-corrected chi connectivity index (χ2v) is 6.90. The van der Waals surface area contributed by atoms with Crippen molar-refractivity contribution in [2.75, 3.05) is 12.4 Å². The summed E-state index contributed by atoms with van der Waals surface area (Å²) in [6, 6.07) is 8.53. The van der Waals surface area contributed by atoms with Crippen molar-refractivity contribution in [3.63, 3.8) is 0 Å². The molecule has 0 spiro atoms. The third kappa shape index (κ3) is 8.02. The van der Waals surface area contributed by atoms with E-state index in [1.54, 1.807) is 0 Å². The lowest BCUT2D eigenvalue weighted by Gasteiger charge is -2.06. The first-order valence-corrected chi connectivity index (χ1v) is 9.21. The smallest absolute Gasteiger partial charge is 0.270 e. The van der Waals surface area contributed by atoms with Crippen LogP contribution in [0.15, 0.2) is 36.9 Å². The molecule has 1 aromatic carbocycles. The van der Waals surface area contributed by atoms with Crippen LogP contribution < -0.4 is 0 Å². The molecular formula is C17H26O3S. The first-order chi connectivity index (χ1) is 10.1. The molecule has 0 fully saturated rings. The van der Waals surface area contributed by atoms with Crippen molar-refractivity contribution in [3.8, 4) is 0 Å². The molecule has 0 aliphatic carbocycles. The average Bonchev–Trinajstić information content (AvgIpc) is 2.44. The monoisotopic (exact) mass is 310 g/mol. The second kappa shape index (κ2) is 9.74. The van der Waals surface area contributed by atoms with Gasteiger partial charge in [0.05, 0.1) is 12.4 Å². The van der Waals surface area contributed by atoms with Crippen molar-refractivity contribution in [2.24, 2.45) is 0 Å². The van der Waals surface area contributed by atoms with Crippen molar-refractivity contribution >= 4 is 10.1 Å². The molecule has 0 heterocycles. The maximum absolute atomic E-state index is 11.3. The zero-order valence-electron chi connectivity index (χ0n) is 12.9. The standard InChI is InChI=1S/C17H26O3S/c1-3-5-6-9-16-10-7-11-17(15-16)12-8-13-20-21(18,19)14-4-2/h4,7,10-11,15H,2-3,5-6,8-9,12-14H2,1H3. The van der Waals surface area contributed by atoms with E-state index in [1.807, 2.05) is 0 Å². The van der Waals surface area contributed by atoms with Crippen molar-refractivity contribution in [1.29, 1.82) is 0 Å². The summed E-state index contributed by atoms with van der Waals surface area (Å²) in [5.74, 6) is -0.125. The Kier molecular flexibility index (Phi) is 8.31. The van der Waals surface area contributed by atoms with Gasteiger partial charge in [0, 0.05) is 0 Å². The molecule has 0 atom stereocenters. The highest BCUT2D eigenvalue weighted by Crippen LogP contribution is 2.11. The summed E-state index contributed by atoms with van der Waals surface area (Å²) in [6.07, 6.45) is 7.72. The minimum atomic E-state index is -3.43. The van der Waals surface area contributed by atoms with Crippen LogP contribution in [0, 0.1) is 0 Å². The van der Waals surface area contributed by atoms with E-state index in [2.05, 4.69) is 37.8 Å². The summed E-state index contributed by atoms with van der Waals surface area (Å²) >= 11 is 0. The van der Waals surface area contributed by atoms with Crippen LogP contribution in [0.25, 0.3) is 0 Å². The molecule has 118 valence electrons. The molecule has 1 aromatic rings. The number of hydrogen-bond donors (Lipinski definition) is 0. The maximum atomic E-state index is 11.3. The normalized spacial score (nSPS) is 11.5. The Bertz CT molecular complexity index is 521. The first-order valence-electron chi connectivity index (χ1n) is 7.63. The van der Waals surface area contributed by atoms with Gasteiger partial charge >= 0.3 is 0 Å². The molecule has 1 rings (SSSR count). The molecule has 0 saturated heterocycles. The Morgan fingerprint density at radius 2 is 1.81 bits per heavy atom. The van der Waals surface area contributed by atoms with Crippen LogP contribution in [0.5, 0.6) is 0 Å². The van der Waals surface area contributed by atoms with Crippen LogP contribution in [0.1, 0.15) is 43.7 Å². The van der Waals surface area contributed by atoms with Crippen LogP contribution in [0.4, 0.5) is 0 Å². The minimum Gasteiger partial charge on any atom is -0.270 e. The number of unbranched alkanes of at least 4 members (excludes halogenated alkanes) is 2. The Morgan fingerprint density at radius 1 is 1.14 bits per heavy atom. The molecule has 0 amide bonds. The van der Waals surface area contributed by atoms with Crippen molar-refractivity contribution in [2.45, 2.75) is 45.4 Å². The Balaban J connectivity index is 2.35. The highest BCUT2D eigenvalue weighted by Gasteiger charge is 2.07. The summed E-state index contributed by atoms with van der Waals surface area (Å²) in [6.45, 7) is 5.84. The molecule has 0 aliphatic rings. The fraction of sp³-hybridized carbons (Fsp3) is 0.529. The number of benzene rings is 1. The van der Waals surface area contributed by atoms with Gasteiger partial charge in [-0.25, -0.2) is 0 Å². The van der Waals surface area contributed by atoms with Crippen LogP contribution >= 0.6 is 0 Å². The topological polar surface area (TPSA) is 43.4 Å². The Hall–Kier alpha value is -1.13. The third-order valence-electron chi connectivity index (χ3n) is 3.26. The van der Waals surface area contributed by atoms with E-state index in [0.717, 1.165) is 12.8 Å². The van der Waals surface area contributed by atoms with Gasteiger partial charge in [-0.05, 0) is 36.8 Å². The predicted molar refractivity (Wildman–Crippen MR) is 87.9 cm³/mol. The molecule has 0 aliphatic heterocycles. The lowest BCUT2D eigenvalue weighted by atomic mass is 10.0. The van der Waals surface area contributed by atoms with Gasteiger partial charge in [0.1, 0.15) is 0 Å². The van der Waals surface area contributed by atoms with Crippen LogP contribution in [-0.2, 0) is 27.1 Å². The number of hydrogen-bond acceptors (Lipinski definition) is 3. The molecule has 21 heavy (non-hydrogen) atoms. The van der Waals surface area contributed by atoms with Gasteiger partial charge in [0.15, 0.2) is 0 Å². The van der Waals surface area contributed by atoms with Gasteiger partial charge in [-0.15, -0.1) is 6.58 Å². The van der Waals surface area contributed by atoms with E-state index in [-0.39, 0.29) is 12.4 Å². The lowest BCUT2D eigenvalue weighted by molar-refractivity contribution is 0.314. The SMILES string of the molecule is C=CCS(=O)(=O)OCCCc1cccc(CCCCC)c1. The fourth-order valence-electron chi connectivity index (χ4n) is 2.17.